The highest BCUT2D eigenvalue weighted by molar-refractivity contribution is 5.95. The summed E-state index contributed by atoms with van der Waals surface area (Å²) in [5, 5.41) is 13.0. The number of rotatable bonds is 5. The Morgan fingerprint density at radius 3 is 2.64 bits per heavy atom. The number of carboxylic acids is 1. The molecule has 0 unspecified atom stereocenters. The van der Waals surface area contributed by atoms with Crippen LogP contribution in [0, 0.1) is 6.92 Å². The molecule has 8 heteroatoms. The average Bonchev–Trinajstić information content (AvgIpc) is 3.01. The van der Waals surface area contributed by atoms with Crippen LogP contribution in [0.3, 0.4) is 0 Å². The summed E-state index contributed by atoms with van der Waals surface area (Å²) >= 11 is 0. The monoisotopic (exact) mass is 306 g/mol. The maximum absolute atomic E-state index is 12.5. The van der Waals surface area contributed by atoms with E-state index in [1.54, 1.807) is 44.9 Å². The highest BCUT2D eigenvalue weighted by Crippen LogP contribution is 2.22. The minimum absolute atomic E-state index is 0.119. The summed E-state index contributed by atoms with van der Waals surface area (Å²) in [5.41, 5.74) is 0.771. The number of carbonyl (C=O) groups excluding carboxylic acids is 1. The minimum atomic E-state index is -1.07. The lowest BCUT2D eigenvalue weighted by atomic mass is 10.2. The van der Waals surface area contributed by atoms with E-state index in [9.17, 15) is 9.59 Å². The van der Waals surface area contributed by atoms with Crippen molar-refractivity contribution < 1.29 is 19.1 Å². The number of aliphatic carboxylic acids is 1. The van der Waals surface area contributed by atoms with Gasteiger partial charge in [-0.2, -0.15) is 5.10 Å². The Morgan fingerprint density at radius 1 is 1.45 bits per heavy atom. The molecule has 0 aliphatic heterocycles. The van der Waals surface area contributed by atoms with E-state index >= 15 is 0 Å². The van der Waals surface area contributed by atoms with Crippen LogP contribution in [0.1, 0.15) is 30.1 Å². The van der Waals surface area contributed by atoms with Gasteiger partial charge in [0.25, 0.3) is 5.91 Å². The molecule has 0 fully saturated rings. The van der Waals surface area contributed by atoms with Gasteiger partial charge in [-0.05, 0) is 20.8 Å². The van der Waals surface area contributed by atoms with Gasteiger partial charge in [-0.25, -0.2) is 4.98 Å². The van der Waals surface area contributed by atoms with E-state index < -0.39 is 11.9 Å². The van der Waals surface area contributed by atoms with Crippen LogP contribution in [0.2, 0.25) is 0 Å². The summed E-state index contributed by atoms with van der Waals surface area (Å²) in [5.74, 6) is -0.905. The van der Waals surface area contributed by atoms with E-state index in [0.717, 1.165) is 0 Å². The number of hydrogen-bond acceptors (Lipinski definition) is 5. The first kappa shape index (κ1) is 15.7. The van der Waals surface area contributed by atoms with Crippen LogP contribution in [0.15, 0.2) is 16.8 Å². The van der Waals surface area contributed by atoms with Gasteiger partial charge in [0.1, 0.15) is 12.3 Å². The van der Waals surface area contributed by atoms with Gasteiger partial charge in [0.05, 0.1) is 11.8 Å². The summed E-state index contributed by atoms with van der Waals surface area (Å²) in [6, 6.07) is -0.262. The van der Waals surface area contributed by atoms with E-state index in [-0.39, 0.29) is 24.2 Å². The molecule has 8 nitrogen and oxygen atoms in total. The lowest BCUT2D eigenvalue weighted by Gasteiger charge is -2.23. The Bertz CT molecular complexity index is 702. The van der Waals surface area contributed by atoms with E-state index in [2.05, 4.69) is 10.1 Å². The smallest absolute Gasteiger partial charge is 0.323 e. The zero-order valence-electron chi connectivity index (χ0n) is 12.9. The summed E-state index contributed by atoms with van der Waals surface area (Å²) in [4.78, 5) is 28.9. The number of aromatic nitrogens is 3. The van der Waals surface area contributed by atoms with Gasteiger partial charge in [0.2, 0.25) is 5.89 Å². The molecule has 0 atom stereocenters. The number of nitrogens with zero attached hydrogens (tertiary/aromatic N) is 4. The fraction of sp³-hybridized carbons (Fsp3) is 0.429. The van der Waals surface area contributed by atoms with Crippen molar-refractivity contribution in [1.29, 1.82) is 0 Å². The van der Waals surface area contributed by atoms with Crippen LogP contribution >= 0.6 is 0 Å². The molecule has 2 aromatic heterocycles. The van der Waals surface area contributed by atoms with Crippen molar-refractivity contribution in [2.24, 2.45) is 7.05 Å². The zero-order chi connectivity index (χ0) is 16.4. The maximum atomic E-state index is 12.5. The molecule has 0 aromatic carbocycles. The van der Waals surface area contributed by atoms with Gasteiger partial charge in [0.15, 0.2) is 5.69 Å². The Balaban J connectivity index is 2.33. The number of carbonyl (C=O) groups is 2. The fourth-order valence-electron chi connectivity index (χ4n) is 2.02. The third kappa shape index (κ3) is 3.16. The quantitative estimate of drug-likeness (QED) is 0.894. The molecule has 118 valence electrons. The van der Waals surface area contributed by atoms with Crippen LogP contribution in [-0.4, -0.2) is 49.2 Å². The van der Waals surface area contributed by atoms with Crippen LogP contribution in [0.25, 0.3) is 11.5 Å². The molecule has 0 saturated heterocycles. The second-order valence-corrected chi connectivity index (χ2v) is 5.25. The largest absolute Gasteiger partial charge is 0.480 e. The molecule has 0 aliphatic rings. The number of hydrogen-bond donors (Lipinski definition) is 1. The molecule has 1 N–H and O–H groups in total. The standard InChI is InChI=1S/C14H18N4O4/c1-8(2)18(7-11(19)20)14(21)12-9(3)22-13(16-12)10-5-15-17(4)6-10/h5-6,8H,7H2,1-4H3,(H,19,20). The molecule has 0 spiro atoms. The number of carboxylic acid groups (broad SMARTS) is 1. The van der Waals surface area contributed by atoms with Crippen LogP contribution in [0.5, 0.6) is 0 Å². The van der Waals surface area contributed by atoms with Crippen LogP contribution < -0.4 is 0 Å². The molecule has 1 amide bonds. The Morgan fingerprint density at radius 2 is 2.14 bits per heavy atom. The molecule has 22 heavy (non-hydrogen) atoms. The van der Waals surface area contributed by atoms with Gasteiger partial charge < -0.3 is 14.4 Å². The highest BCUT2D eigenvalue weighted by Gasteiger charge is 2.27. The molecule has 2 aromatic rings. The first-order valence-corrected chi connectivity index (χ1v) is 6.78. The Labute approximate surface area is 127 Å². The number of amides is 1. The predicted molar refractivity (Wildman–Crippen MR) is 77.3 cm³/mol. The maximum Gasteiger partial charge on any atom is 0.323 e. The van der Waals surface area contributed by atoms with Gasteiger partial charge in [0, 0.05) is 19.3 Å². The molecule has 0 bridgehead atoms. The van der Waals surface area contributed by atoms with E-state index in [1.165, 1.54) is 4.90 Å². The Kier molecular flexibility index (Phi) is 4.30. The summed E-state index contributed by atoms with van der Waals surface area (Å²) < 4.78 is 7.11. The second kappa shape index (κ2) is 6.00. The second-order valence-electron chi connectivity index (χ2n) is 5.25. The first-order valence-electron chi connectivity index (χ1n) is 6.78. The van der Waals surface area contributed by atoms with Crippen molar-refractivity contribution in [2.75, 3.05) is 6.54 Å². The Hall–Kier alpha value is -2.64. The predicted octanol–water partition coefficient (Wildman–Crippen LogP) is 1.32. The van der Waals surface area contributed by atoms with Crippen LogP contribution in [-0.2, 0) is 11.8 Å². The highest BCUT2D eigenvalue weighted by atomic mass is 16.4. The molecular formula is C14H18N4O4. The minimum Gasteiger partial charge on any atom is -0.480 e. The topological polar surface area (TPSA) is 101 Å². The fourth-order valence-corrected chi connectivity index (χ4v) is 2.02. The lowest BCUT2D eigenvalue weighted by Crippen LogP contribution is -2.41. The first-order chi connectivity index (χ1) is 10.3. The zero-order valence-corrected chi connectivity index (χ0v) is 12.9. The van der Waals surface area contributed by atoms with Gasteiger partial charge >= 0.3 is 5.97 Å². The molecular weight excluding hydrogens is 288 g/mol. The van der Waals surface area contributed by atoms with Crippen molar-refractivity contribution in [3.05, 3.63) is 23.8 Å². The van der Waals surface area contributed by atoms with Crippen LogP contribution in [0.4, 0.5) is 0 Å². The summed E-state index contributed by atoms with van der Waals surface area (Å²) in [6.07, 6.45) is 3.30. The average molecular weight is 306 g/mol. The van der Waals surface area contributed by atoms with Gasteiger partial charge in [-0.15, -0.1) is 0 Å². The number of aryl methyl sites for hydroxylation is 2. The van der Waals surface area contributed by atoms with Crippen molar-refractivity contribution in [3.8, 4) is 11.5 Å². The van der Waals surface area contributed by atoms with Crippen molar-refractivity contribution in [2.45, 2.75) is 26.8 Å². The molecule has 2 rings (SSSR count). The normalized spacial score (nSPS) is 11.0. The van der Waals surface area contributed by atoms with Crippen molar-refractivity contribution >= 4 is 11.9 Å². The van der Waals surface area contributed by atoms with Crippen molar-refractivity contribution in [1.82, 2.24) is 19.7 Å². The van der Waals surface area contributed by atoms with Gasteiger partial charge in [-0.1, -0.05) is 0 Å². The molecule has 0 aliphatic carbocycles. The van der Waals surface area contributed by atoms with E-state index in [1.807, 2.05) is 0 Å². The molecule has 2 heterocycles. The summed E-state index contributed by atoms with van der Waals surface area (Å²) in [6.45, 7) is 4.74. The summed E-state index contributed by atoms with van der Waals surface area (Å²) in [7, 11) is 1.76. The van der Waals surface area contributed by atoms with E-state index in [4.69, 9.17) is 9.52 Å². The molecule has 0 saturated carbocycles. The van der Waals surface area contributed by atoms with Gasteiger partial charge in [-0.3, -0.25) is 14.3 Å². The molecule has 0 radical (unpaired) electrons. The van der Waals surface area contributed by atoms with Crippen molar-refractivity contribution in [3.63, 3.8) is 0 Å². The SMILES string of the molecule is Cc1oc(-c2cnn(C)c2)nc1C(=O)N(CC(=O)O)C(C)C. The lowest BCUT2D eigenvalue weighted by molar-refractivity contribution is -0.138. The van der Waals surface area contributed by atoms with E-state index in [0.29, 0.717) is 11.3 Å². The third-order valence-corrected chi connectivity index (χ3v) is 3.14. The number of oxazole rings is 1. The third-order valence-electron chi connectivity index (χ3n) is 3.14.